The predicted molar refractivity (Wildman–Crippen MR) is 52.5 cm³/mol. The molecule has 0 atom stereocenters. The molecule has 2 N–H and O–H groups in total. The third kappa shape index (κ3) is 7.64. The number of halogens is 2. The second kappa shape index (κ2) is 7.96. The Balaban J connectivity index is 0.000000336. The van der Waals surface area contributed by atoms with Crippen LogP contribution in [0.4, 0.5) is 8.92 Å². The molecule has 1 aliphatic rings. The van der Waals surface area contributed by atoms with Crippen molar-refractivity contribution in [3.8, 4) is 0 Å². The molecule has 0 spiro atoms. The molecule has 1 rings (SSSR count). The van der Waals surface area contributed by atoms with E-state index in [1.165, 1.54) is 0 Å². The molecule has 0 heterocycles. The fourth-order valence-electron chi connectivity index (χ4n) is 1.37. The minimum Gasteiger partial charge on any atom is -0.366 e. The summed E-state index contributed by atoms with van der Waals surface area (Å²) in [4.78, 5) is 3.19. The van der Waals surface area contributed by atoms with Crippen LogP contribution >= 0.6 is 0 Å². The smallest absolute Gasteiger partial charge is 0.162 e. The molecule has 0 saturated heterocycles. The van der Waals surface area contributed by atoms with Crippen molar-refractivity contribution in [3.05, 3.63) is 0 Å². The van der Waals surface area contributed by atoms with Gasteiger partial charge < -0.3 is 10.2 Å². The van der Waals surface area contributed by atoms with Crippen LogP contribution in [-0.4, -0.2) is 29.3 Å². The highest BCUT2D eigenvalue weighted by molar-refractivity contribution is 4.75. The van der Waals surface area contributed by atoms with Gasteiger partial charge in [-0.25, -0.2) is 0 Å². The second-order valence-corrected chi connectivity index (χ2v) is 3.89. The van der Waals surface area contributed by atoms with Gasteiger partial charge in [-0.15, -0.1) is 0 Å². The summed E-state index contributed by atoms with van der Waals surface area (Å²) in [5.41, 5.74) is 0. The molecular formula is C10H20F2O3. The Morgan fingerprint density at radius 2 is 1.87 bits per heavy atom. The summed E-state index contributed by atoms with van der Waals surface area (Å²) in [6.07, 6.45) is 2.59. The van der Waals surface area contributed by atoms with Gasteiger partial charge in [-0.1, -0.05) is 6.92 Å². The highest BCUT2D eigenvalue weighted by atomic mass is 19.3. The van der Waals surface area contributed by atoms with E-state index >= 15 is 0 Å². The number of rotatable bonds is 3. The molecule has 1 saturated carbocycles. The van der Waals surface area contributed by atoms with E-state index in [0.717, 1.165) is 6.42 Å². The molecule has 0 amide bonds. The van der Waals surface area contributed by atoms with E-state index in [2.05, 4.69) is 4.94 Å². The van der Waals surface area contributed by atoms with Crippen LogP contribution in [0.15, 0.2) is 0 Å². The quantitative estimate of drug-likeness (QED) is 0.725. The summed E-state index contributed by atoms with van der Waals surface area (Å²) >= 11 is 0. The summed E-state index contributed by atoms with van der Waals surface area (Å²) in [6, 6.07) is 0. The average molecular weight is 226 g/mol. The van der Waals surface area contributed by atoms with Gasteiger partial charge >= 0.3 is 0 Å². The van der Waals surface area contributed by atoms with E-state index in [0.29, 0.717) is 25.7 Å². The molecule has 0 aliphatic heterocycles. The molecule has 1 aliphatic carbocycles. The lowest BCUT2D eigenvalue weighted by atomic mass is 9.86. The molecule has 5 heteroatoms. The van der Waals surface area contributed by atoms with Gasteiger partial charge in [0.1, 0.15) is 0 Å². The molecule has 92 valence electrons. The maximum absolute atomic E-state index is 12.0. The van der Waals surface area contributed by atoms with Crippen molar-refractivity contribution < 1.29 is 24.1 Å². The highest BCUT2D eigenvalue weighted by Gasteiger charge is 2.30. The van der Waals surface area contributed by atoms with E-state index in [-0.39, 0.29) is 19.2 Å². The Morgan fingerprint density at radius 1 is 1.33 bits per heavy atom. The second-order valence-electron chi connectivity index (χ2n) is 3.89. The van der Waals surface area contributed by atoms with Crippen molar-refractivity contribution in [1.82, 2.24) is 0 Å². The third-order valence-electron chi connectivity index (χ3n) is 2.41. The zero-order chi connectivity index (χ0) is 11.7. The third-order valence-corrected chi connectivity index (χ3v) is 2.41. The summed E-state index contributed by atoms with van der Waals surface area (Å²) in [5, 5.41) is 18.0. The minimum atomic E-state index is -1.51. The van der Waals surface area contributed by atoms with Crippen LogP contribution in [0.2, 0.25) is 0 Å². The van der Waals surface area contributed by atoms with Crippen molar-refractivity contribution in [2.24, 2.45) is 5.92 Å². The number of hydrogen-bond donors (Lipinski definition) is 2. The molecule has 0 radical (unpaired) electrons. The maximum Gasteiger partial charge on any atom is 0.162 e. The van der Waals surface area contributed by atoms with E-state index in [4.69, 9.17) is 10.2 Å². The Morgan fingerprint density at radius 3 is 2.13 bits per heavy atom. The number of aliphatic hydroxyl groups is 2. The first kappa shape index (κ1) is 14.7. The number of alkyl halides is 1. The van der Waals surface area contributed by atoms with Crippen molar-refractivity contribution in [1.29, 1.82) is 0 Å². The van der Waals surface area contributed by atoms with Crippen LogP contribution in [0.1, 0.15) is 39.0 Å². The van der Waals surface area contributed by atoms with Crippen LogP contribution in [0, 0.1) is 5.92 Å². The van der Waals surface area contributed by atoms with Gasteiger partial charge in [0, 0.05) is 12.8 Å². The fourth-order valence-corrected chi connectivity index (χ4v) is 1.37. The highest BCUT2D eigenvalue weighted by Crippen LogP contribution is 2.29. The first-order valence-corrected chi connectivity index (χ1v) is 5.30. The lowest BCUT2D eigenvalue weighted by molar-refractivity contribution is -0.186. The Labute approximate surface area is 89.0 Å². The normalized spacial score (nSPS) is 20.6. The molecular weight excluding hydrogens is 206 g/mol. The van der Waals surface area contributed by atoms with Gasteiger partial charge in [0.05, 0.1) is 13.3 Å². The van der Waals surface area contributed by atoms with Crippen molar-refractivity contribution >= 4 is 0 Å². The van der Waals surface area contributed by atoms with Crippen LogP contribution in [0.25, 0.3) is 0 Å². The SMILES string of the molecule is CCCOF.OC1(O)CCC(CF)CC1. The molecule has 15 heavy (non-hydrogen) atoms. The van der Waals surface area contributed by atoms with Crippen LogP contribution < -0.4 is 0 Å². The first-order chi connectivity index (χ1) is 7.05. The molecule has 0 aromatic rings. The predicted octanol–water partition coefficient (Wildman–Crippen LogP) is 2.12. The molecule has 0 bridgehead atoms. The van der Waals surface area contributed by atoms with Gasteiger partial charge in [-0.3, -0.25) is 4.39 Å². The number of hydrogen-bond acceptors (Lipinski definition) is 3. The largest absolute Gasteiger partial charge is 0.366 e. The van der Waals surface area contributed by atoms with Gasteiger partial charge in [-0.05, 0) is 29.7 Å². The zero-order valence-corrected chi connectivity index (χ0v) is 9.09. The summed E-state index contributed by atoms with van der Waals surface area (Å²) in [7, 11) is 0. The van der Waals surface area contributed by atoms with E-state index in [1.54, 1.807) is 0 Å². The average Bonchev–Trinajstić information content (AvgIpc) is 2.20. The van der Waals surface area contributed by atoms with Crippen molar-refractivity contribution in [3.63, 3.8) is 0 Å². The monoisotopic (exact) mass is 226 g/mol. The zero-order valence-electron chi connectivity index (χ0n) is 9.09. The van der Waals surface area contributed by atoms with Crippen LogP contribution in [-0.2, 0) is 4.94 Å². The molecule has 0 aromatic carbocycles. The lowest BCUT2D eigenvalue weighted by Gasteiger charge is -2.30. The van der Waals surface area contributed by atoms with E-state index < -0.39 is 5.79 Å². The molecule has 0 aromatic heterocycles. The van der Waals surface area contributed by atoms with Crippen LogP contribution in [0.5, 0.6) is 0 Å². The fraction of sp³-hybridized carbons (Fsp3) is 1.00. The van der Waals surface area contributed by atoms with Gasteiger partial charge in [0.15, 0.2) is 5.79 Å². The summed E-state index contributed by atoms with van der Waals surface area (Å²) in [5.74, 6) is -1.45. The van der Waals surface area contributed by atoms with Gasteiger partial charge in [-0.2, -0.15) is 4.94 Å². The minimum absolute atomic E-state index is 0.0624. The first-order valence-electron chi connectivity index (χ1n) is 5.30. The van der Waals surface area contributed by atoms with Crippen molar-refractivity contribution in [2.75, 3.05) is 13.3 Å². The topological polar surface area (TPSA) is 49.7 Å². The Kier molecular flexibility index (Phi) is 7.82. The molecule has 0 unspecified atom stereocenters. The summed E-state index contributed by atoms with van der Waals surface area (Å²) in [6.45, 7) is 1.75. The molecule has 1 fully saturated rings. The van der Waals surface area contributed by atoms with Crippen molar-refractivity contribution in [2.45, 2.75) is 44.8 Å². The van der Waals surface area contributed by atoms with E-state index in [9.17, 15) is 8.92 Å². The lowest BCUT2D eigenvalue weighted by Crippen LogP contribution is -2.33. The van der Waals surface area contributed by atoms with Crippen LogP contribution in [0.3, 0.4) is 0 Å². The van der Waals surface area contributed by atoms with Gasteiger partial charge in [0.25, 0.3) is 0 Å². The standard InChI is InChI=1S/C7H13FO2.C3H7FO/c8-5-6-1-3-7(9,10)4-2-6;1-2-3-5-4/h6,9-10H,1-5H2;2-3H2,1H3. The summed E-state index contributed by atoms with van der Waals surface area (Å²) < 4.78 is 22.5. The Hall–Kier alpha value is -0.260. The van der Waals surface area contributed by atoms with Gasteiger partial charge in [0.2, 0.25) is 0 Å². The van der Waals surface area contributed by atoms with E-state index in [1.807, 2.05) is 6.92 Å². The molecule has 3 nitrogen and oxygen atoms in total. The Bertz CT molecular complexity index is 142. The maximum atomic E-state index is 12.0.